The molecule has 2 aromatic heterocycles. The molecule has 0 radical (unpaired) electrons. The number of H-pyrrole nitrogens is 1. The molecule has 7 heteroatoms. The van der Waals surface area contributed by atoms with E-state index in [2.05, 4.69) is 50.4 Å². The number of hydrogen-bond acceptors (Lipinski definition) is 5. The number of amides is 1. The van der Waals surface area contributed by atoms with Crippen LogP contribution in [0.3, 0.4) is 0 Å². The predicted molar refractivity (Wildman–Crippen MR) is 120 cm³/mol. The van der Waals surface area contributed by atoms with Gasteiger partial charge in [0.05, 0.1) is 0 Å². The number of pyridine rings is 1. The van der Waals surface area contributed by atoms with Gasteiger partial charge in [0.2, 0.25) is 0 Å². The third kappa shape index (κ3) is 3.50. The zero-order valence-electron chi connectivity index (χ0n) is 18.4. The summed E-state index contributed by atoms with van der Waals surface area (Å²) in [7, 11) is 0. The van der Waals surface area contributed by atoms with Crippen molar-refractivity contribution >= 4 is 5.91 Å². The fraction of sp³-hybridized carbons (Fsp3) is 0.440. The minimum atomic E-state index is 0.0207. The predicted octanol–water partition coefficient (Wildman–Crippen LogP) is 3.13. The van der Waals surface area contributed by atoms with Crippen molar-refractivity contribution in [2.75, 3.05) is 26.2 Å². The van der Waals surface area contributed by atoms with Crippen LogP contribution in [0.15, 0.2) is 48.7 Å². The van der Waals surface area contributed by atoms with Crippen molar-refractivity contribution in [1.82, 2.24) is 30.0 Å². The molecule has 2 aliphatic heterocycles. The van der Waals surface area contributed by atoms with E-state index in [0.717, 1.165) is 55.6 Å². The number of benzene rings is 1. The van der Waals surface area contributed by atoms with Gasteiger partial charge in [0.15, 0.2) is 5.82 Å². The number of carbonyl (C=O) groups excluding carboxylic acids is 1. The lowest BCUT2D eigenvalue weighted by atomic mass is 9.71. The van der Waals surface area contributed by atoms with E-state index in [1.54, 1.807) is 6.20 Å². The van der Waals surface area contributed by atoms with E-state index in [9.17, 15) is 4.79 Å². The summed E-state index contributed by atoms with van der Waals surface area (Å²) in [6.07, 6.45) is 4.10. The molecule has 1 aromatic carbocycles. The van der Waals surface area contributed by atoms with Gasteiger partial charge in [-0.25, -0.2) is 4.98 Å². The SMILES string of the molecule is Cc1cc(C(=O)N2CC3(CN(Cc4ccccc4)CC3c3nc(C4CC4)n[nH]3)C2)ccn1. The molecular weight excluding hydrogens is 400 g/mol. The van der Waals surface area contributed by atoms with Crippen LogP contribution >= 0.6 is 0 Å². The number of aromatic nitrogens is 4. The highest BCUT2D eigenvalue weighted by Crippen LogP contribution is 2.49. The van der Waals surface area contributed by atoms with E-state index in [4.69, 9.17) is 4.98 Å². The lowest BCUT2D eigenvalue weighted by Gasteiger charge is -2.50. The Bertz CT molecular complexity index is 1130. The first kappa shape index (κ1) is 19.6. The van der Waals surface area contributed by atoms with Crippen LogP contribution in [0.4, 0.5) is 0 Å². The van der Waals surface area contributed by atoms with Crippen LogP contribution in [0.5, 0.6) is 0 Å². The Morgan fingerprint density at radius 1 is 1.16 bits per heavy atom. The number of aryl methyl sites for hydroxylation is 1. The largest absolute Gasteiger partial charge is 0.337 e. The van der Waals surface area contributed by atoms with Gasteiger partial charge in [-0.1, -0.05) is 30.3 Å². The van der Waals surface area contributed by atoms with E-state index < -0.39 is 0 Å². The summed E-state index contributed by atoms with van der Waals surface area (Å²) in [6.45, 7) is 6.24. The number of aromatic amines is 1. The first-order chi connectivity index (χ1) is 15.6. The standard InChI is InChI=1S/C25H28N6O/c1-17-11-20(9-10-26-17)24(32)31-15-25(16-31)14-30(12-18-5-3-2-4-6-18)13-21(25)23-27-22(28-29-23)19-7-8-19/h2-6,9-11,19,21H,7-8,12-16H2,1H3,(H,27,28,29). The average Bonchev–Trinajstić information content (AvgIpc) is 3.38. The molecule has 6 rings (SSSR count). The lowest BCUT2D eigenvalue weighted by molar-refractivity contribution is 0.00178. The molecule has 3 aromatic rings. The van der Waals surface area contributed by atoms with Gasteiger partial charge in [-0.15, -0.1) is 0 Å². The van der Waals surface area contributed by atoms with Crippen molar-refractivity contribution in [3.63, 3.8) is 0 Å². The van der Waals surface area contributed by atoms with Crippen molar-refractivity contribution in [1.29, 1.82) is 0 Å². The van der Waals surface area contributed by atoms with Crippen LogP contribution in [0.2, 0.25) is 0 Å². The van der Waals surface area contributed by atoms with Gasteiger partial charge >= 0.3 is 0 Å². The molecule has 7 nitrogen and oxygen atoms in total. The Labute approximate surface area is 187 Å². The Balaban J connectivity index is 1.23. The van der Waals surface area contributed by atoms with Gasteiger partial charge < -0.3 is 4.90 Å². The van der Waals surface area contributed by atoms with Crippen LogP contribution < -0.4 is 0 Å². The minimum Gasteiger partial charge on any atom is -0.337 e. The van der Waals surface area contributed by atoms with Crippen LogP contribution in [-0.4, -0.2) is 62.1 Å². The van der Waals surface area contributed by atoms with Crippen molar-refractivity contribution in [2.24, 2.45) is 5.41 Å². The van der Waals surface area contributed by atoms with Gasteiger partial charge in [-0.05, 0) is 37.5 Å². The number of carbonyl (C=O) groups is 1. The fourth-order valence-corrected chi connectivity index (χ4v) is 5.42. The summed E-state index contributed by atoms with van der Waals surface area (Å²) < 4.78 is 0. The molecule has 4 heterocycles. The van der Waals surface area contributed by atoms with Crippen molar-refractivity contribution in [3.8, 4) is 0 Å². The number of nitrogens with zero attached hydrogens (tertiary/aromatic N) is 5. The Kier molecular flexibility index (Phi) is 4.61. The summed E-state index contributed by atoms with van der Waals surface area (Å²) in [5.74, 6) is 2.85. The molecule has 2 saturated heterocycles. The monoisotopic (exact) mass is 428 g/mol. The number of likely N-dealkylation sites (tertiary alicyclic amines) is 2. The zero-order chi connectivity index (χ0) is 21.7. The van der Waals surface area contributed by atoms with E-state index >= 15 is 0 Å². The van der Waals surface area contributed by atoms with Gasteiger partial charge in [-0.3, -0.25) is 19.8 Å². The van der Waals surface area contributed by atoms with Crippen LogP contribution in [-0.2, 0) is 6.54 Å². The number of hydrogen-bond donors (Lipinski definition) is 1. The van der Waals surface area contributed by atoms with Crippen molar-refractivity contribution in [3.05, 3.63) is 77.1 Å². The maximum atomic E-state index is 13.1. The summed E-state index contributed by atoms with van der Waals surface area (Å²) in [6, 6.07) is 14.3. The molecule has 1 amide bonds. The molecule has 1 aliphatic carbocycles. The van der Waals surface area contributed by atoms with Gasteiger partial charge in [0.25, 0.3) is 5.91 Å². The normalized spacial score (nSPS) is 22.3. The summed E-state index contributed by atoms with van der Waals surface area (Å²) in [5, 5.41) is 7.79. The quantitative estimate of drug-likeness (QED) is 0.676. The summed E-state index contributed by atoms with van der Waals surface area (Å²) in [5.41, 5.74) is 2.93. The van der Waals surface area contributed by atoms with Gasteiger partial charge in [0.1, 0.15) is 5.82 Å². The molecule has 3 aliphatic rings. The third-order valence-corrected chi connectivity index (χ3v) is 7.20. The average molecular weight is 429 g/mol. The van der Waals surface area contributed by atoms with E-state index in [1.165, 1.54) is 18.4 Å². The second kappa shape index (κ2) is 7.52. The molecule has 1 N–H and O–H groups in total. The van der Waals surface area contributed by atoms with Gasteiger partial charge in [0, 0.05) is 67.4 Å². The molecular formula is C25H28N6O. The molecule has 32 heavy (non-hydrogen) atoms. The summed E-state index contributed by atoms with van der Waals surface area (Å²) in [4.78, 5) is 26.7. The van der Waals surface area contributed by atoms with Crippen LogP contribution in [0.25, 0.3) is 0 Å². The van der Waals surface area contributed by atoms with E-state index in [0.29, 0.717) is 5.92 Å². The second-order valence-electron chi connectivity index (χ2n) is 9.77. The molecule has 1 spiro atoms. The Morgan fingerprint density at radius 2 is 1.97 bits per heavy atom. The zero-order valence-corrected chi connectivity index (χ0v) is 18.4. The highest BCUT2D eigenvalue weighted by molar-refractivity contribution is 5.95. The van der Waals surface area contributed by atoms with E-state index in [-0.39, 0.29) is 17.2 Å². The summed E-state index contributed by atoms with van der Waals surface area (Å²) >= 11 is 0. The van der Waals surface area contributed by atoms with Crippen LogP contribution in [0.1, 0.15) is 57.9 Å². The fourth-order valence-electron chi connectivity index (χ4n) is 5.42. The molecule has 0 bridgehead atoms. The lowest BCUT2D eigenvalue weighted by Crippen LogP contribution is -2.61. The topological polar surface area (TPSA) is 78.0 Å². The van der Waals surface area contributed by atoms with Crippen molar-refractivity contribution in [2.45, 2.75) is 38.1 Å². The highest BCUT2D eigenvalue weighted by Gasteiger charge is 2.57. The Morgan fingerprint density at radius 3 is 2.72 bits per heavy atom. The molecule has 3 fully saturated rings. The maximum absolute atomic E-state index is 13.1. The molecule has 1 unspecified atom stereocenters. The van der Waals surface area contributed by atoms with Gasteiger partial charge in [-0.2, -0.15) is 5.10 Å². The Hall–Kier alpha value is -3.06. The third-order valence-electron chi connectivity index (χ3n) is 7.20. The second-order valence-corrected chi connectivity index (χ2v) is 9.77. The first-order valence-electron chi connectivity index (χ1n) is 11.5. The smallest absolute Gasteiger partial charge is 0.254 e. The number of rotatable bonds is 5. The van der Waals surface area contributed by atoms with E-state index in [1.807, 2.05) is 24.0 Å². The first-order valence-corrected chi connectivity index (χ1v) is 11.5. The molecule has 164 valence electrons. The minimum absolute atomic E-state index is 0.0207. The maximum Gasteiger partial charge on any atom is 0.254 e. The van der Waals surface area contributed by atoms with Crippen molar-refractivity contribution < 1.29 is 4.79 Å². The highest BCUT2D eigenvalue weighted by atomic mass is 16.2. The van der Waals surface area contributed by atoms with Crippen LogP contribution in [0, 0.1) is 12.3 Å². The molecule has 1 atom stereocenters. The number of nitrogens with one attached hydrogen (secondary N) is 1. The molecule has 1 saturated carbocycles.